The van der Waals surface area contributed by atoms with Crippen LogP contribution in [-0.4, -0.2) is 41.4 Å². The predicted octanol–water partition coefficient (Wildman–Crippen LogP) is 1.41. The van der Waals surface area contributed by atoms with Gasteiger partial charge in [0.2, 0.25) is 10.0 Å². The number of nitrogens with two attached hydrogens (primary N) is 1. The highest BCUT2D eigenvalue weighted by atomic mass is 32.2. The Kier molecular flexibility index (Phi) is 4.79. The summed E-state index contributed by atoms with van der Waals surface area (Å²) in [7, 11) is -3.79. The standard InChI is InChI=1S/C20H25N3O5S/c1-13(2)19(25)28-12-22-10-6-14-15(18(22)24)4-3-5-16(14)29(26,27)23-11-7-17(21)20(23)8-9-20/h3-6,10,13,17H,7-9,11-12,21H2,1-2H3. The average Bonchev–Trinajstić information content (AvgIpc) is 3.41. The van der Waals surface area contributed by atoms with Gasteiger partial charge >= 0.3 is 5.97 Å². The number of aromatic nitrogens is 1. The van der Waals surface area contributed by atoms with Crippen molar-refractivity contribution in [3.05, 3.63) is 40.8 Å². The topological polar surface area (TPSA) is 112 Å². The molecule has 1 unspecified atom stereocenters. The number of carbonyl (C=O) groups is 1. The Morgan fingerprint density at radius 3 is 2.66 bits per heavy atom. The summed E-state index contributed by atoms with van der Waals surface area (Å²) in [4.78, 5) is 24.6. The highest BCUT2D eigenvalue weighted by molar-refractivity contribution is 7.89. The summed E-state index contributed by atoms with van der Waals surface area (Å²) in [5.41, 5.74) is 5.30. The highest BCUT2D eigenvalue weighted by Gasteiger charge is 2.60. The van der Waals surface area contributed by atoms with Gasteiger partial charge in [-0.15, -0.1) is 0 Å². The average molecular weight is 420 g/mol. The van der Waals surface area contributed by atoms with Crippen molar-refractivity contribution in [1.82, 2.24) is 8.87 Å². The number of sulfonamides is 1. The van der Waals surface area contributed by atoms with E-state index in [1.807, 2.05) is 0 Å². The van der Waals surface area contributed by atoms with Crippen molar-refractivity contribution in [1.29, 1.82) is 0 Å². The molecule has 4 rings (SSSR count). The van der Waals surface area contributed by atoms with Crippen LogP contribution in [0.25, 0.3) is 10.8 Å². The maximum atomic E-state index is 13.4. The van der Waals surface area contributed by atoms with Crippen LogP contribution in [0, 0.1) is 5.92 Å². The molecule has 0 bridgehead atoms. The van der Waals surface area contributed by atoms with E-state index in [1.54, 1.807) is 32.0 Å². The molecule has 1 saturated carbocycles. The molecular weight excluding hydrogens is 394 g/mol. The van der Waals surface area contributed by atoms with E-state index in [4.69, 9.17) is 10.5 Å². The maximum absolute atomic E-state index is 13.4. The molecule has 0 amide bonds. The van der Waals surface area contributed by atoms with Crippen LogP contribution in [0.15, 0.2) is 40.2 Å². The van der Waals surface area contributed by atoms with Gasteiger partial charge in [-0.1, -0.05) is 19.9 Å². The van der Waals surface area contributed by atoms with Gasteiger partial charge in [0.25, 0.3) is 5.56 Å². The molecule has 29 heavy (non-hydrogen) atoms. The molecule has 2 heterocycles. The summed E-state index contributed by atoms with van der Waals surface area (Å²) >= 11 is 0. The van der Waals surface area contributed by atoms with Gasteiger partial charge in [0, 0.05) is 29.6 Å². The van der Waals surface area contributed by atoms with Gasteiger partial charge in [-0.05, 0) is 37.5 Å². The number of carbonyl (C=O) groups excluding carboxylic acids is 1. The number of benzene rings is 1. The second-order valence-corrected chi connectivity index (χ2v) is 9.96. The Morgan fingerprint density at radius 2 is 2.00 bits per heavy atom. The van der Waals surface area contributed by atoms with Gasteiger partial charge in [0.1, 0.15) is 0 Å². The van der Waals surface area contributed by atoms with E-state index in [0.29, 0.717) is 18.4 Å². The van der Waals surface area contributed by atoms with Crippen LogP contribution >= 0.6 is 0 Å². The Balaban J connectivity index is 1.73. The minimum atomic E-state index is -3.79. The largest absolute Gasteiger partial charge is 0.444 e. The number of rotatable bonds is 5. The molecular formula is C20H25N3O5S. The monoisotopic (exact) mass is 419 g/mol. The lowest BCUT2D eigenvalue weighted by Gasteiger charge is -2.26. The van der Waals surface area contributed by atoms with E-state index in [2.05, 4.69) is 0 Å². The zero-order valence-electron chi connectivity index (χ0n) is 16.5. The normalized spacial score (nSPS) is 21.2. The fourth-order valence-electron chi connectivity index (χ4n) is 4.07. The third-order valence-corrected chi connectivity index (χ3v) is 7.99. The molecule has 2 fully saturated rings. The van der Waals surface area contributed by atoms with Crippen molar-refractivity contribution in [3.63, 3.8) is 0 Å². The number of esters is 1. The van der Waals surface area contributed by atoms with E-state index in [0.717, 1.165) is 12.8 Å². The van der Waals surface area contributed by atoms with E-state index in [-0.39, 0.29) is 29.0 Å². The SMILES string of the molecule is CC(C)C(=O)OCn1ccc2c(S(=O)(=O)N3CCC(N)C34CC4)cccc2c1=O. The van der Waals surface area contributed by atoms with E-state index in [9.17, 15) is 18.0 Å². The lowest BCUT2D eigenvalue weighted by atomic mass is 10.1. The Morgan fingerprint density at radius 1 is 1.28 bits per heavy atom. The number of pyridine rings is 1. The molecule has 1 aromatic carbocycles. The lowest BCUT2D eigenvalue weighted by Crippen LogP contribution is -2.44. The molecule has 1 aliphatic heterocycles. The first-order valence-electron chi connectivity index (χ1n) is 9.76. The van der Waals surface area contributed by atoms with Crippen molar-refractivity contribution in [3.8, 4) is 0 Å². The van der Waals surface area contributed by atoms with Gasteiger partial charge < -0.3 is 10.5 Å². The smallest absolute Gasteiger partial charge is 0.310 e. The molecule has 1 spiro atoms. The van der Waals surface area contributed by atoms with Crippen molar-refractivity contribution in [2.24, 2.45) is 11.7 Å². The Labute approximate surface area is 169 Å². The number of fused-ring (bicyclic) bond motifs is 1. The van der Waals surface area contributed by atoms with Crippen LogP contribution in [0.1, 0.15) is 33.1 Å². The van der Waals surface area contributed by atoms with Gasteiger partial charge in [-0.3, -0.25) is 14.2 Å². The van der Waals surface area contributed by atoms with Crippen molar-refractivity contribution in [2.75, 3.05) is 6.54 Å². The minimum absolute atomic E-state index is 0.110. The van der Waals surface area contributed by atoms with Crippen LogP contribution in [0.2, 0.25) is 0 Å². The number of nitrogens with zero attached hydrogens (tertiary/aromatic N) is 2. The summed E-state index contributed by atoms with van der Waals surface area (Å²) in [5, 5.41) is 0.628. The summed E-state index contributed by atoms with van der Waals surface area (Å²) in [6, 6.07) is 6.11. The Hall–Kier alpha value is -2.23. The predicted molar refractivity (Wildman–Crippen MR) is 108 cm³/mol. The number of ether oxygens (including phenoxy) is 1. The zero-order chi connectivity index (χ0) is 21.0. The van der Waals surface area contributed by atoms with Crippen molar-refractivity contribution in [2.45, 2.75) is 56.3 Å². The van der Waals surface area contributed by atoms with Gasteiger partial charge in [0.15, 0.2) is 6.73 Å². The van der Waals surface area contributed by atoms with Crippen LogP contribution in [0.5, 0.6) is 0 Å². The van der Waals surface area contributed by atoms with Crippen LogP contribution < -0.4 is 11.3 Å². The first kappa shape index (κ1) is 20.1. The summed E-state index contributed by atoms with van der Waals surface area (Å²) < 4.78 is 34.8. The first-order valence-corrected chi connectivity index (χ1v) is 11.2. The minimum Gasteiger partial charge on any atom is -0.444 e. The second-order valence-electron chi connectivity index (χ2n) is 8.13. The fraction of sp³-hybridized carbons (Fsp3) is 0.500. The third kappa shape index (κ3) is 3.17. The molecule has 1 atom stereocenters. The van der Waals surface area contributed by atoms with E-state index in [1.165, 1.54) is 21.1 Å². The summed E-state index contributed by atoms with van der Waals surface area (Å²) in [6.45, 7) is 3.59. The van der Waals surface area contributed by atoms with Crippen LogP contribution in [-0.2, 0) is 26.3 Å². The van der Waals surface area contributed by atoms with E-state index >= 15 is 0 Å². The lowest BCUT2D eigenvalue weighted by molar-refractivity contribution is -0.151. The zero-order valence-corrected chi connectivity index (χ0v) is 17.3. The van der Waals surface area contributed by atoms with Gasteiger partial charge in [-0.25, -0.2) is 8.42 Å². The summed E-state index contributed by atoms with van der Waals surface area (Å²) in [6.07, 6.45) is 3.64. The van der Waals surface area contributed by atoms with Crippen LogP contribution in [0.4, 0.5) is 0 Å². The van der Waals surface area contributed by atoms with Gasteiger partial charge in [-0.2, -0.15) is 4.31 Å². The molecule has 8 nitrogen and oxygen atoms in total. The quantitative estimate of drug-likeness (QED) is 0.734. The fourth-order valence-corrected chi connectivity index (χ4v) is 6.16. The first-order chi connectivity index (χ1) is 13.7. The van der Waals surface area contributed by atoms with Crippen molar-refractivity contribution >= 4 is 26.8 Å². The van der Waals surface area contributed by atoms with Gasteiger partial charge in [0.05, 0.1) is 16.4 Å². The molecule has 2 aliphatic rings. The third-order valence-electron chi connectivity index (χ3n) is 5.96. The maximum Gasteiger partial charge on any atom is 0.310 e. The molecule has 156 valence electrons. The van der Waals surface area contributed by atoms with E-state index < -0.39 is 27.1 Å². The molecule has 2 aromatic rings. The van der Waals surface area contributed by atoms with Crippen molar-refractivity contribution < 1.29 is 17.9 Å². The number of hydrogen-bond acceptors (Lipinski definition) is 6. The molecule has 1 aliphatic carbocycles. The molecule has 2 N–H and O–H groups in total. The molecule has 1 aromatic heterocycles. The Bertz CT molecular complexity index is 1130. The molecule has 1 saturated heterocycles. The highest BCUT2D eigenvalue weighted by Crippen LogP contribution is 2.51. The number of hydrogen-bond donors (Lipinski definition) is 1. The molecule has 9 heteroatoms. The molecule has 0 radical (unpaired) electrons. The summed E-state index contributed by atoms with van der Waals surface area (Å²) in [5.74, 6) is -0.710. The van der Waals surface area contributed by atoms with Crippen LogP contribution in [0.3, 0.4) is 0 Å². The second kappa shape index (κ2) is 6.93.